The predicted octanol–water partition coefficient (Wildman–Crippen LogP) is 3.55. The molecule has 2 saturated heterocycles. The summed E-state index contributed by atoms with van der Waals surface area (Å²) in [7, 11) is 6.06. The second kappa shape index (κ2) is 8.96. The van der Waals surface area contributed by atoms with E-state index in [1.807, 2.05) is 21.9 Å². The van der Waals surface area contributed by atoms with Crippen LogP contribution in [0.4, 0.5) is 0 Å². The number of piperidine rings is 2. The molecule has 2 fully saturated rings. The number of rotatable bonds is 4. The molecule has 2 aromatic rings. The summed E-state index contributed by atoms with van der Waals surface area (Å²) >= 11 is 12.6. The average molecular weight is 505 g/mol. The normalized spacial score (nSPS) is 29.5. The summed E-state index contributed by atoms with van der Waals surface area (Å²) in [5.41, 5.74) is -2.06. The van der Waals surface area contributed by atoms with Crippen LogP contribution < -0.4 is 0 Å². The Morgan fingerprint density at radius 1 is 0.853 bits per heavy atom. The van der Waals surface area contributed by atoms with E-state index in [2.05, 4.69) is 0 Å². The number of likely N-dealkylation sites (tertiary alicyclic amines) is 2. The van der Waals surface area contributed by atoms with Crippen molar-refractivity contribution in [3.8, 4) is 0 Å². The first-order chi connectivity index (χ1) is 16.1. The van der Waals surface area contributed by atoms with Crippen LogP contribution in [-0.2, 0) is 23.9 Å². The van der Waals surface area contributed by atoms with Gasteiger partial charge in [-0.3, -0.25) is 19.3 Å². The van der Waals surface area contributed by atoms with E-state index in [0.717, 1.165) is 0 Å². The molecule has 7 nitrogen and oxygen atoms in total. The molecular weight excluding hydrogens is 479 g/mol. The molecule has 2 aromatic carbocycles. The maximum absolute atomic E-state index is 14.6. The fourth-order valence-corrected chi connectivity index (χ4v) is 6.41. The van der Waals surface area contributed by atoms with Crippen LogP contribution in [0.15, 0.2) is 48.5 Å². The van der Waals surface area contributed by atoms with Gasteiger partial charge in [0.05, 0.1) is 26.3 Å². The lowest BCUT2D eigenvalue weighted by molar-refractivity contribution is -0.202. The zero-order valence-electron chi connectivity index (χ0n) is 19.4. The molecule has 2 aliphatic heterocycles. The van der Waals surface area contributed by atoms with Crippen molar-refractivity contribution in [2.75, 3.05) is 41.4 Å². The molecule has 180 valence electrons. The lowest BCUT2D eigenvalue weighted by Gasteiger charge is -2.60. The van der Waals surface area contributed by atoms with E-state index >= 15 is 0 Å². The second-order valence-electron chi connectivity index (χ2n) is 9.01. The van der Waals surface area contributed by atoms with Crippen molar-refractivity contribution in [1.29, 1.82) is 0 Å². The third-order valence-electron chi connectivity index (χ3n) is 7.03. The van der Waals surface area contributed by atoms with Gasteiger partial charge in [0, 0.05) is 23.1 Å². The highest BCUT2D eigenvalue weighted by Gasteiger charge is 2.74. The topological polar surface area (TPSA) is 76.1 Å². The minimum atomic E-state index is -1.69. The summed E-state index contributed by atoms with van der Waals surface area (Å²) in [6.45, 7) is 0.141. The lowest BCUT2D eigenvalue weighted by Crippen LogP contribution is -2.75. The Balaban J connectivity index is 2.09. The van der Waals surface area contributed by atoms with E-state index in [0.29, 0.717) is 21.2 Å². The molecule has 34 heavy (non-hydrogen) atoms. The third-order valence-corrected chi connectivity index (χ3v) is 7.50. The highest BCUT2D eigenvalue weighted by atomic mass is 35.5. The molecule has 0 saturated carbocycles. The highest BCUT2D eigenvalue weighted by Crippen LogP contribution is 2.60. The number of hydrogen-bond acceptors (Lipinski definition) is 7. The highest BCUT2D eigenvalue weighted by molar-refractivity contribution is 6.31. The Labute approximate surface area is 208 Å². The summed E-state index contributed by atoms with van der Waals surface area (Å²) in [5.74, 6) is -1.94. The molecular formula is C25H26Cl2N2O5. The molecule has 4 rings (SSSR count). The Morgan fingerprint density at radius 3 is 1.62 bits per heavy atom. The zero-order chi connectivity index (χ0) is 24.8. The van der Waals surface area contributed by atoms with E-state index in [1.165, 1.54) is 14.2 Å². The smallest absolute Gasteiger partial charge is 0.322 e. The minimum absolute atomic E-state index is 0.0705. The van der Waals surface area contributed by atoms with Crippen molar-refractivity contribution in [3.05, 3.63) is 69.7 Å². The van der Waals surface area contributed by atoms with Gasteiger partial charge in [0.25, 0.3) is 0 Å². The fraction of sp³-hybridized carbons (Fsp3) is 0.400. The van der Waals surface area contributed by atoms with Gasteiger partial charge in [0.1, 0.15) is 0 Å². The van der Waals surface area contributed by atoms with Crippen LogP contribution in [0.2, 0.25) is 10.0 Å². The van der Waals surface area contributed by atoms with Gasteiger partial charge in [-0.25, -0.2) is 0 Å². The van der Waals surface area contributed by atoms with Crippen LogP contribution in [0, 0.1) is 10.8 Å². The van der Waals surface area contributed by atoms with Gasteiger partial charge in [0.2, 0.25) is 0 Å². The first-order valence-corrected chi connectivity index (χ1v) is 11.5. The van der Waals surface area contributed by atoms with Crippen LogP contribution in [0.3, 0.4) is 0 Å². The van der Waals surface area contributed by atoms with Gasteiger partial charge in [-0.05, 0) is 49.5 Å². The Hall–Kier alpha value is -2.45. The van der Waals surface area contributed by atoms with Gasteiger partial charge in [-0.1, -0.05) is 47.5 Å². The third kappa shape index (κ3) is 3.45. The quantitative estimate of drug-likeness (QED) is 0.465. The molecule has 2 bridgehead atoms. The van der Waals surface area contributed by atoms with Crippen molar-refractivity contribution < 1.29 is 23.9 Å². The predicted molar refractivity (Wildman–Crippen MR) is 128 cm³/mol. The number of Topliss-reactive ketones (excluding diaryl/α,β-unsaturated/α-hetero) is 1. The van der Waals surface area contributed by atoms with Crippen LogP contribution in [0.5, 0.6) is 0 Å². The SMILES string of the molecule is COC(=O)[C@@]12CN(C)C[C@@](C(=O)OC)(C1=O)C(c1cccc(Cl)c1)N(C)C2c1cccc(Cl)c1. The first kappa shape index (κ1) is 24.7. The number of halogens is 2. The summed E-state index contributed by atoms with van der Waals surface area (Å²) in [6, 6.07) is 12.5. The number of ether oxygens (including phenoxy) is 2. The van der Waals surface area contributed by atoms with Crippen molar-refractivity contribution in [3.63, 3.8) is 0 Å². The number of ketones is 1. The van der Waals surface area contributed by atoms with Crippen molar-refractivity contribution in [2.45, 2.75) is 12.1 Å². The van der Waals surface area contributed by atoms with E-state index < -0.39 is 40.6 Å². The molecule has 2 heterocycles. The fourth-order valence-electron chi connectivity index (χ4n) is 6.01. The minimum Gasteiger partial charge on any atom is -0.468 e. The van der Waals surface area contributed by atoms with Crippen molar-refractivity contribution >= 4 is 40.9 Å². The molecule has 9 heteroatoms. The number of hydrogen-bond donors (Lipinski definition) is 0. The number of carbonyl (C=O) groups is 3. The van der Waals surface area contributed by atoms with Gasteiger partial charge in [-0.15, -0.1) is 0 Å². The number of methoxy groups -OCH3 is 2. The van der Waals surface area contributed by atoms with Gasteiger partial charge in [0.15, 0.2) is 16.6 Å². The Bertz CT molecular complexity index is 1070. The van der Waals surface area contributed by atoms with Crippen LogP contribution in [-0.4, -0.2) is 68.9 Å². The summed E-state index contributed by atoms with van der Waals surface area (Å²) < 4.78 is 10.4. The van der Waals surface area contributed by atoms with E-state index in [-0.39, 0.29) is 13.1 Å². The Morgan fingerprint density at radius 2 is 1.26 bits per heavy atom. The summed E-state index contributed by atoms with van der Waals surface area (Å²) in [4.78, 5) is 45.3. The monoisotopic (exact) mass is 504 g/mol. The average Bonchev–Trinajstić information content (AvgIpc) is 2.80. The Kier molecular flexibility index (Phi) is 6.50. The molecule has 2 aliphatic rings. The van der Waals surface area contributed by atoms with Crippen LogP contribution in [0.1, 0.15) is 23.2 Å². The molecule has 0 spiro atoms. The van der Waals surface area contributed by atoms with E-state index in [4.69, 9.17) is 32.7 Å². The van der Waals surface area contributed by atoms with Gasteiger partial charge in [-0.2, -0.15) is 0 Å². The van der Waals surface area contributed by atoms with Crippen molar-refractivity contribution in [1.82, 2.24) is 9.80 Å². The second-order valence-corrected chi connectivity index (χ2v) is 9.88. The van der Waals surface area contributed by atoms with E-state index in [1.54, 1.807) is 50.5 Å². The van der Waals surface area contributed by atoms with Gasteiger partial charge >= 0.3 is 11.9 Å². The molecule has 4 atom stereocenters. The summed E-state index contributed by atoms with van der Waals surface area (Å²) in [6.07, 6.45) is 0. The number of carbonyl (C=O) groups excluding carboxylic acids is 3. The summed E-state index contributed by atoms with van der Waals surface area (Å²) in [5, 5.41) is 0.929. The number of benzene rings is 2. The number of fused-ring (bicyclic) bond motifs is 2. The molecule has 0 radical (unpaired) electrons. The van der Waals surface area contributed by atoms with Crippen molar-refractivity contribution in [2.24, 2.45) is 10.8 Å². The number of esters is 2. The molecule has 0 N–H and O–H groups in total. The molecule has 2 unspecified atom stereocenters. The molecule has 0 aliphatic carbocycles. The maximum atomic E-state index is 14.6. The lowest BCUT2D eigenvalue weighted by atomic mass is 9.54. The maximum Gasteiger partial charge on any atom is 0.322 e. The molecule has 0 aromatic heterocycles. The molecule has 0 amide bonds. The standard InChI is InChI=1S/C25H26Cl2N2O5/c1-28-13-24(22(31)33-3)19(15-7-5-9-17(26)11-15)29(2)20(16-8-6-10-18(27)12-16)25(14-28,21(24)30)23(32)34-4/h5-12,19-20H,13-14H2,1-4H3/t19?,20?,24-,25+. The van der Waals surface area contributed by atoms with Crippen LogP contribution in [0.25, 0.3) is 0 Å². The van der Waals surface area contributed by atoms with Crippen LogP contribution >= 0.6 is 23.2 Å². The number of nitrogens with zero attached hydrogens (tertiary/aromatic N) is 2. The zero-order valence-corrected chi connectivity index (χ0v) is 20.9. The largest absolute Gasteiger partial charge is 0.468 e. The first-order valence-electron chi connectivity index (χ1n) is 10.8. The van der Waals surface area contributed by atoms with Gasteiger partial charge < -0.3 is 14.4 Å². The van der Waals surface area contributed by atoms with E-state index in [9.17, 15) is 14.4 Å².